The van der Waals surface area contributed by atoms with Gasteiger partial charge >= 0.3 is 12.1 Å². The summed E-state index contributed by atoms with van der Waals surface area (Å²) in [5, 5.41) is 8.77. The fourth-order valence-electron chi connectivity index (χ4n) is 1.30. The molecule has 0 fully saturated rings. The van der Waals surface area contributed by atoms with Gasteiger partial charge in [0.25, 0.3) is 0 Å². The minimum Gasteiger partial charge on any atom is -0.478 e. The molecule has 1 heterocycles. The van der Waals surface area contributed by atoms with Crippen LogP contribution >= 0.6 is 0 Å². The van der Waals surface area contributed by atoms with Crippen LogP contribution in [0.25, 0.3) is 0 Å². The number of carbonyl (C=O) groups is 1. The van der Waals surface area contributed by atoms with Crippen LogP contribution in [0.1, 0.15) is 22.5 Å². The number of hydrogen-bond donors (Lipinski definition) is 1. The maximum absolute atomic E-state index is 12.0. The number of carboxylic acids is 1. The van der Waals surface area contributed by atoms with Crippen molar-refractivity contribution in [3.63, 3.8) is 0 Å². The van der Waals surface area contributed by atoms with E-state index >= 15 is 0 Å². The number of carboxylic acid groups (broad SMARTS) is 1. The van der Waals surface area contributed by atoms with Crippen LogP contribution in [0.5, 0.6) is 0 Å². The zero-order valence-corrected chi connectivity index (χ0v) is 9.12. The second-order valence-electron chi connectivity index (χ2n) is 3.67. The van der Waals surface area contributed by atoms with Crippen LogP contribution in [0, 0.1) is 0 Å². The van der Waals surface area contributed by atoms with Gasteiger partial charge in [-0.25, -0.2) is 4.79 Å². The van der Waals surface area contributed by atoms with Gasteiger partial charge in [-0.15, -0.1) is 0 Å². The van der Waals surface area contributed by atoms with Crippen molar-refractivity contribution in [2.75, 3.05) is 13.6 Å². The summed E-state index contributed by atoms with van der Waals surface area (Å²) in [5.41, 5.74) is -0.0242. The van der Waals surface area contributed by atoms with E-state index in [-0.39, 0.29) is 24.4 Å². The van der Waals surface area contributed by atoms with Crippen LogP contribution in [0.3, 0.4) is 0 Å². The van der Waals surface area contributed by atoms with Gasteiger partial charge in [0.2, 0.25) is 0 Å². The lowest BCUT2D eigenvalue weighted by molar-refractivity contribution is -0.137. The van der Waals surface area contributed by atoms with Gasteiger partial charge in [0, 0.05) is 6.54 Å². The van der Waals surface area contributed by atoms with Crippen LogP contribution in [0.4, 0.5) is 13.2 Å². The molecule has 96 valence electrons. The van der Waals surface area contributed by atoms with Crippen molar-refractivity contribution in [1.29, 1.82) is 0 Å². The number of furan rings is 1. The fourth-order valence-corrected chi connectivity index (χ4v) is 1.30. The molecule has 0 saturated carbocycles. The van der Waals surface area contributed by atoms with Crippen LogP contribution in [-0.2, 0) is 6.54 Å². The van der Waals surface area contributed by atoms with E-state index in [0.717, 1.165) is 0 Å². The largest absolute Gasteiger partial charge is 0.478 e. The minimum absolute atomic E-state index is 0.0242. The van der Waals surface area contributed by atoms with Crippen LogP contribution in [0.15, 0.2) is 16.7 Å². The number of hydrogen-bond acceptors (Lipinski definition) is 3. The number of nitrogens with zero attached hydrogens (tertiary/aromatic N) is 1. The first-order chi connectivity index (χ1) is 7.79. The summed E-state index contributed by atoms with van der Waals surface area (Å²) in [6, 6.07) is 1.27. The van der Waals surface area contributed by atoms with Gasteiger partial charge in [0.05, 0.1) is 19.2 Å². The Kier molecular flexibility index (Phi) is 4.17. The SMILES string of the molecule is CN(CCC(F)(F)F)Cc1occc1C(=O)O. The lowest BCUT2D eigenvalue weighted by Crippen LogP contribution is -2.24. The minimum atomic E-state index is -4.22. The van der Waals surface area contributed by atoms with Crippen molar-refractivity contribution in [2.45, 2.75) is 19.1 Å². The van der Waals surface area contributed by atoms with Gasteiger partial charge in [-0.2, -0.15) is 13.2 Å². The highest BCUT2D eigenvalue weighted by Crippen LogP contribution is 2.20. The molecule has 1 rings (SSSR count). The third-order valence-electron chi connectivity index (χ3n) is 2.17. The lowest BCUT2D eigenvalue weighted by atomic mass is 10.2. The summed E-state index contributed by atoms with van der Waals surface area (Å²) in [5.74, 6) is -1.000. The Balaban J connectivity index is 2.53. The van der Waals surface area contributed by atoms with Gasteiger partial charge in [0.1, 0.15) is 11.3 Å². The molecule has 0 saturated heterocycles. The van der Waals surface area contributed by atoms with Crippen LogP contribution in [0.2, 0.25) is 0 Å². The topological polar surface area (TPSA) is 53.7 Å². The molecule has 0 amide bonds. The molecule has 4 nitrogen and oxygen atoms in total. The maximum Gasteiger partial charge on any atom is 0.390 e. The monoisotopic (exact) mass is 251 g/mol. The Bertz CT molecular complexity index is 386. The van der Waals surface area contributed by atoms with Gasteiger partial charge in [0.15, 0.2) is 0 Å². The molecule has 0 aliphatic heterocycles. The molecule has 0 aliphatic rings. The second kappa shape index (κ2) is 5.22. The second-order valence-corrected chi connectivity index (χ2v) is 3.67. The average Bonchev–Trinajstić information content (AvgIpc) is 2.62. The third-order valence-corrected chi connectivity index (χ3v) is 2.17. The average molecular weight is 251 g/mol. The number of alkyl halides is 3. The highest BCUT2D eigenvalue weighted by molar-refractivity contribution is 5.88. The van der Waals surface area contributed by atoms with Gasteiger partial charge in [-0.1, -0.05) is 0 Å². The fraction of sp³-hybridized carbons (Fsp3) is 0.500. The van der Waals surface area contributed by atoms with Crippen molar-refractivity contribution in [1.82, 2.24) is 4.90 Å². The van der Waals surface area contributed by atoms with E-state index in [0.29, 0.717) is 0 Å². The molecule has 0 aromatic carbocycles. The zero-order chi connectivity index (χ0) is 13.1. The van der Waals surface area contributed by atoms with Crippen molar-refractivity contribution in [2.24, 2.45) is 0 Å². The number of halogens is 3. The molecule has 1 N–H and O–H groups in total. The van der Waals surface area contributed by atoms with Crippen LogP contribution < -0.4 is 0 Å². The highest BCUT2D eigenvalue weighted by atomic mass is 19.4. The van der Waals surface area contributed by atoms with E-state index < -0.39 is 18.6 Å². The standard InChI is InChI=1S/C10H12F3NO3/c1-14(4-3-10(11,12)13)6-8-7(9(15)16)2-5-17-8/h2,5H,3-4,6H2,1H3,(H,15,16). The molecular weight excluding hydrogens is 239 g/mol. The van der Waals surface area contributed by atoms with E-state index in [1.54, 1.807) is 0 Å². The molecule has 0 unspecified atom stereocenters. The first kappa shape index (κ1) is 13.6. The Morgan fingerprint density at radius 2 is 2.18 bits per heavy atom. The predicted octanol–water partition coefficient (Wildman–Crippen LogP) is 2.36. The summed E-state index contributed by atoms with van der Waals surface area (Å²) in [6.07, 6.45) is -3.95. The Labute approximate surface area is 95.6 Å². The summed E-state index contributed by atoms with van der Waals surface area (Å²) < 4.78 is 40.8. The predicted molar refractivity (Wildman–Crippen MR) is 52.7 cm³/mol. The smallest absolute Gasteiger partial charge is 0.390 e. The quantitative estimate of drug-likeness (QED) is 0.872. The van der Waals surface area contributed by atoms with Crippen molar-refractivity contribution < 1.29 is 27.5 Å². The van der Waals surface area contributed by atoms with E-state index in [9.17, 15) is 18.0 Å². The summed E-state index contributed by atoms with van der Waals surface area (Å²) >= 11 is 0. The Morgan fingerprint density at radius 3 is 2.71 bits per heavy atom. The first-order valence-electron chi connectivity index (χ1n) is 4.84. The number of aromatic carboxylic acids is 1. The Morgan fingerprint density at radius 1 is 1.53 bits per heavy atom. The molecule has 0 bridgehead atoms. The molecule has 1 aromatic rings. The lowest BCUT2D eigenvalue weighted by Gasteiger charge is -2.16. The molecule has 0 radical (unpaired) electrons. The van der Waals surface area contributed by atoms with E-state index in [4.69, 9.17) is 9.52 Å². The Hall–Kier alpha value is -1.50. The van der Waals surface area contributed by atoms with Crippen LogP contribution in [-0.4, -0.2) is 35.7 Å². The van der Waals surface area contributed by atoms with E-state index in [1.807, 2.05) is 0 Å². The van der Waals surface area contributed by atoms with Crippen molar-refractivity contribution in [3.8, 4) is 0 Å². The van der Waals surface area contributed by atoms with E-state index in [2.05, 4.69) is 0 Å². The van der Waals surface area contributed by atoms with Gasteiger partial charge in [-0.05, 0) is 13.1 Å². The molecule has 0 atom stereocenters. The normalized spacial score (nSPS) is 12.1. The summed E-state index contributed by atoms with van der Waals surface area (Å²) in [7, 11) is 1.47. The van der Waals surface area contributed by atoms with Crippen molar-refractivity contribution >= 4 is 5.97 Å². The molecule has 17 heavy (non-hydrogen) atoms. The number of rotatable bonds is 5. The zero-order valence-electron chi connectivity index (χ0n) is 9.12. The summed E-state index contributed by atoms with van der Waals surface area (Å²) in [4.78, 5) is 12.1. The first-order valence-corrected chi connectivity index (χ1v) is 4.84. The molecule has 0 spiro atoms. The van der Waals surface area contributed by atoms with E-state index in [1.165, 1.54) is 24.3 Å². The highest BCUT2D eigenvalue weighted by Gasteiger charge is 2.27. The molecular formula is C10H12F3NO3. The van der Waals surface area contributed by atoms with Crippen molar-refractivity contribution in [3.05, 3.63) is 23.7 Å². The molecule has 7 heteroatoms. The molecule has 0 aliphatic carbocycles. The van der Waals surface area contributed by atoms with Gasteiger partial charge in [-0.3, -0.25) is 4.90 Å². The summed E-state index contributed by atoms with van der Waals surface area (Å²) in [6.45, 7) is -0.173. The molecule has 1 aromatic heterocycles. The van der Waals surface area contributed by atoms with Gasteiger partial charge < -0.3 is 9.52 Å². The third kappa shape index (κ3) is 4.48. The maximum atomic E-state index is 12.0.